The number of nitriles is 1. The summed E-state index contributed by atoms with van der Waals surface area (Å²) in [5.41, 5.74) is 8.70. The highest BCUT2D eigenvalue weighted by Gasteiger charge is 2.48. The van der Waals surface area contributed by atoms with Crippen LogP contribution in [0.3, 0.4) is 0 Å². The van der Waals surface area contributed by atoms with E-state index >= 15 is 0 Å². The highest BCUT2D eigenvalue weighted by atomic mass is 16.1. The summed E-state index contributed by atoms with van der Waals surface area (Å²) in [6, 6.07) is 8.81. The first-order valence-corrected chi connectivity index (χ1v) is 11.9. The maximum atomic E-state index is 11.4. The molecule has 0 bridgehead atoms. The summed E-state index contributed by atoms with van der Waals surface area (Å²) in [4.78, 5) is 13.9. The molecule has 2 saturated carbocycles. The number of hydrogen-bond acceptors (Lipinski definition) is 5. The van der Waals surface area contributed by atoms with Gasteiger partial charge in [-0.05, 0) is 80.5 Å². The second-order valence-corrected chi connectivity index (χ2v) is 10.3. The average molecular weight is 420 g/mol. The number of hydrazone groups is 1. The zero-order valence-electron chi connectivity index (χ0n) is 18.5. The number of amides is 1. The van der Waals surface area contributed by atoms with Crippen LogP contribution in [0.5, 0.6) is 0 Å². The van der Waals surface area contributed by atoms with Gasteiger partial charge in [-0.1, -0.05) is 12.8 Å². The van der Waals surface area contributed by atoms with Crippen molar-refractivity contribution in [1.82, 2.24) is 4.90 Å². The maximum Gasteiger partial charge on any atom is 0.220 e. The minimum absolute atomic E-state index is 0.0947. The van der Waals surface area contributed by atoms with Crippen molar-refractivity contribution in [2.75, 3.05) is 18.1 Å². The molecule has 1 aromatic rings. The Morgan fingerprint density at radius 1 is 1.23 bits per heavy atom. The molecular formula is C25H33N5O. The molecule has 2 N–H and O–H groups in total. The summed E-state index contributed by atoms with van der Waals surface area (Å²) in [7, 11) is 0. The van der Waals surface area contributed by atoms with E-state index in [0.717, 1.165) is 62.0 Å². The quantitative estimate of drug-likeness (QED) is 0.804. The van der Waals surface area contributed by atoms with Gasteiger partial charge in [-0.25, -0.2) is 0 Å². The summed E-state index contributed by atoms with van der Waals surface area (Å²) in [5.74, 6) is 1.88. The van der Waals surface area contributed by atoms with Crippen molar-refractivity contribution in [1.29, 1.82) is 5.26 Å². The smallest absolute Gasteiger partial charge is 0.220 e. The Morgan fingerprint density at radius 3 is 2.55 bits per heavy atom. The Hall–Kier alpha value is -2.55. The molecule has 6 nitrogen and oxygen atoms in total. The van der Waals surface area contributed by atoms with Crippen LogP contribution < -0.4 is 10.7 Å². The first-order valence-electron chi connectivity index (χ1n) is 11.9. The van der Waals surface area contributed by atoms with Crippen LogP contribution in [0.25, 0.3) is 0 Å². The van der Waals surface area contributed by atoms with Gasteiger partial charge in [-0.2, -0.15) is 10.4 Å². The number of aryl methyl sites for hydroxylation is 1. The Kier molecular flexibility index (Phi) is 5.16. The van der Waals surface area contributed by atoms with E-state index in [4.69, 9.17) is 10.8 Å². The summed E-state index contributed by atoms with van der Waals surface area (Å²) >= 11 is 0. The van der Waals surface area contributed by atoms with E-state index < -0.39 is 0 Å². The van der Waals surface area contributed by atoms with Crippen LogP contribution in [0.15, 0.2) is 23.3 Å². The normalized spacial score (nSPS) is 26.1. The molecule has 1 spiro atoms. The fraction of sp³-hybridized carbons (Fsp3) is 0.640. The number of amidine groups is 1. The molecule has 2 aliphatic carbocycles. The lowest BCUT2D eigenvalue weighted by Crippen LogP contribution is -2.51. The molecule has 6 heteroatoms. The molecule has 1 unspecified atom stereocenters. The lowest BCUT2D eigenvalue weighted by Gasteiger charge is -2.51. The van der Waals surface area contributed by atoms with E-state index in [1.54, 1.807) is 0 Å². The van der Waals surface area contributed by atoms with Gasteiger partial charge < -0.3 is 10.6 Å². The van der Waals surface area contributed by atoms with E-state index in [9.17, 15) is 10.1 Å². The molecule has 2 heterocycles. The van der Waals surface area contributed by atoms with Gasteiger partial charge >= 0.3 is 0 Å². The van der Waals surface area contributed by atoms with Crippen molar-refractivity contribution in [3.8, 4) is 6.07 Å². The number of nitrogens with zero attached hydrogens (tertiary/aromatic N) is 4. The Balaban J connectivity index is 1.32. The number of piperidine rings is 1. The second-order valence-electron chi connectivity index (χ2n) is 10.3. The SMILES string of the molecule is Cc1cc(N2N=C(N3CCC4(CC3)CC(C(N)=O)C4)CC2C2CCCC2)ccc1C#N. The van der Waals surface area contributed by atoms with Gasteiger partial charge in [0, 0.05) is 25.4 Å². The van der Waals surface area contributed by atoms with E-state index in [2.05, 4.69) is 28.1 Å². The maximum absolute atomic E-state index is 11.4. The first-order chi connectivity index (χ1) is 15.0. The predicted molar refractivity (Wildman–Crippen MR) is 121 cm³/mol. The number of carbonyl (C=O) groups excluding carboxylic acids is 1. The summed E-state index contributed by atoms with van der Waals surface area (Å²) in [6.07, 6.45) is 10.5. The van der Waals surface area contributed by atoms with Crippen molar-refractivity contribution in [2.45, 2.75) is 70.8 Å². The van der Waals surface area contributed by atoms with Gasteiger partial charge in [0.05, 0.1) is 23.4 Å². The Morgan fingerprint density at radius 2 is 1.94 bits per heavy atom. The second kappa shape index (κ2) is 7.85. The topological polar surface area (TPSA) is 85.7 Å². The van der Waals surface area contributed by atoms with Gasteiger partial charge in [-0.15, -0.1) is 0 Å². The monoisotopic (exact) mass is 419 g/mol. The standard InChI is InChI=1S/C25H33N5O/c1-17-12-21(7-6-19(17)16-26)30-22(18-4-2-3-5-18)13-23(28-30)29-10-8-25(9-11-29)14-20(15-25)24(27)31/h6-7,12,18,20,22H,2-5,8-11,13-15H2,1H3,(H2,27,31). The van der Waals surface area contributed by atoms with Crippen LogP contribution in [-0.2, 0) is 4.79 Å². The van der Waals surface area contributed by atoms with Crippen molar-refractivity contribution < 1.29 is 4.79 Å². The predicted octanol–water partition coefficient (Wildman–Crippen LogP) is 3.93. The third kappa shape index (κ3) is 3.69. The van der Waals surface area contributed by atoms with Crippen molar-refractivity contribution >= 4 is 17.4 Å². The third-order valence-corrected chi connectivity index (χ3v) is 8.42. The van der Waals surface area contributed by atoms with Gasteiger partial charge in [-0.3, -0.25) is 9.80 Å². The highest BCUT2D eigenvalue weighted by molar-refractivity contribution is 5.87. The number of primary amides is 1. The molecule has 164 valence electrons. The summed E-state index contributed by atoms with van der Waals surface area (Å²) in [6.45, 7) is 4.07. The molecule has 1 saturated heterocycles. The lowest BCUT2D eigenvalue weighted by molar-refractivity contribution is -0.131. The zero-order chi connectivity index (χ0) is 21.6. The van der Waals surface area contributed by atoms with E-state index in [0.29, 0.717) is 17.4 Å². The number of hydrogen-bond donors (Lipinski definition) is 1. The number of benzene rings is 1. The van der Waals surface area contributed by atoms with Gasteiger partial charge in [0.25, 0.3) is 0 Å². The molecule has 3 fully saturated rings. The molecule has 0 radical (unpaired) electrons. The Bertz CT molecular complexity index is 926. The van der Waals surface area contributed by atoms with Crippen LogP contribution in [0.2, 0.25) is 0 Å². The highest BCUT2D eigenvalue weighted by Crippen LogP contribution is 2.52. The molecule has 1 amide bonds. The van der Waals surface area contributed by atoms with Crippen LogP contribution in [0, 0.1) is 35.5 Å². The van der Waals surface area contributed by atoms with Gasteiger partial charge in [0.2, 0.25) is 5.91 Å². The largest absolute Gasteiger partial charge is 0.369 e. The fourth-order valence-corrected chi connectivity index (χ4v) is 6.41. The fourth-order valence-electron chi connectivity index (χ4n) is 6.41. The molecule has 1 aromatic carbocycles. The minimum Gasteiger partial charge on any atom is -0.369 e. The number of anilines is 1. The lowest BCUT2D eigenvalue weighted by atomic mass is 9.57. The van der Waals surface area contributed by atoms with Crippen molar-refractivity contribution in [3.05, 3.63) is 29.3 Å². The van der Waals surface area contributed by atoms with Crippen molar-refractivity contribution in [3.63, 3.8) is 0 Å². The van der Waals surface area contributed by atoms with Gasteiger partial charge in [0.1, 0.15) is 5.84 Å². The third-order valence-electron chi connectivity index (χ3n) is 8.42. The molecule has 1 atom stereocenters. The first kappa shape index (κ1) is 20.4. The van der Waals surface area contributed by atoms with Gasteiger partial charge in [0.15, 0.2) is 0 Å². The molecule has 2 aliphatic heterocycles. The zero-order valence-corrected chi connectivity index (χ0v) is 18.5. The Labute approximate surface area is 185 Å². The van der Waals surface area contributed by atoms with Crippen LogP contribution in [-0.4, -0.2) is 35.8 Å². The molecule has 5 rings (SSSR count). The average Bonchev–Trinajstić information content (AvgIpc) is 3.41. The number of carbonyl (C=O) groups is 1. The van der Waals surface area contributed by atoms with Crippen LogP contribution in [0.1, 0.15) is 68.9 Å². The van der Waals surface area contributed by atoms with E-state index in [1.807, 2.05) is 13.0 Å². The summed E-state index contributed by atoms with van der Waals surface area (Å²) < 4.78 is 0. The van der Waals surface area contributed by atoms with E-state index in [-0.39, 0.29) is 11.8 Å². The van der Waals surface area contributed by atoms with Crippen LogP contribution in [0.4, 0.5) is 5.69 Å². The molecule has 4 aliphatic rings. The number of rotatable bonds is 3. The van der Waals surface area contributed by atoms with E-state index in [1.165, 1.54) is 31.5 Å². The molecular weight excluding hydrogens is 386 g/mol. The minimum atomic E-state index is -0.124. The molecule has 0 aromatic heterocycles. The summed E-state index contributed by atoms with van der Waals surface area (Å²) in [5, 5.41) is 16.7. The number of nitrogens with two attached hydrogens (primary N) is 1. The van der Waals surface area contributed by atoms with Crippen molar-refractivity contribution in [2.24, 2.45) is 28.1 Å². The molecule has 31 heavy (non-hydrogen) atoms. The number of likely N-dealkylation sites (tertiary alicyclic amines) is 1. The van der Waals surface area contributed by atoms with Crippen LogP contribution >= 0.6 is 0 Å².